The van der Waals surface area contributed by atoms with Crippen molar-refractivity contribution >= 4 is 34.9 Å². The van der Waals surface area contributed by atoms with Crippen LogP contribution in [-0.2, 0) is 9.59 Å². The van der Waals surface area contributed by atoms with Crippen LogP contribution in [0.3, 0.4) is 0 Å². The highest BCUT2D eigenvalue weighted by atomic mass is 35.5. The Morgan fingerprint density at radius 2 is 1.88 bits per heavy atom. The Morgan fingerprint density at radius 3 is 2.54 bits per heavy atom. The minimum Gasteiger partial charge on any atom is -0.324 e. The number of anilines is 2. The van der Waals surface area contributed by atoms with Gasteiger partial charge in [-0.2, -0.15) is 5.10 Å². The van der Waals surface area contributed by atoms with Gasteiger partial charge in [-0.15, -0.1) is 0 Å². The maximum atomic E-state index is 12.5. The molecule has 1 heterocycles. The van der Waals surface area contributed by atoms with E-state index in [9.17, 15) is 9.59 Å². The number of hydrogen-bond donors (Lipinski definition) is 2. The molecule has 2 aromatic rings. The highest BCUT2D eigenvalue weighted by Gasteiger charge is 2.21. The van der Waals surface area contributed by atoms with Gasteiger partial charge in [0.2, 0.25) is 11.8 Å². The van der Waals surface area contributed by atoms with Gasteiger partial charge < -0.3 is 10.6 Å². The van der Waals surface area contributed by atoms with E-state index in [1.165, 1.54) is 0 Å². The number of benzene rings is 1. The van der Waals surface area contributed by atoms with E-state index in [0.717, 1.165) is 0 Å². The van der Waals surface area contributed by atoms with E-state index in [4.69, 9.17) is 11.6 Å². The van der Waals surface area contributed by atoms with E-state index in [1.807, 2.05) is 13.8 Å². The molecule has 2 rings (SSSR count). The fourth-order valence-corrected chi connectivity index (χ4v) is 2.55. The predicted molar refractivity (Wildman–Crippen MR) is 103 cm³/mol. The quantitative estimate of drug-likeness (QED) is 0.777. The van der Waals surface area contributed by atoms with Gasteiger partial charge in [-0.25, -0.2) is 4.68 Å². The fourth-order valence-electron chi connectivity index (χ4n) is 2.37. The highest BCUT2D eigenvalue weighted by Crippen LogP contribution is 2.20. The van der Waals surface area contributed by atoms with E-state index in [0.29, 0.717) is 16.5 Å². The average molecular weight is 378 g/mol. The molecule has 0 spiro atoms. The minimum absolute atomic E-state index is 0.0588. The van der Waals surface area contributed by atoms with Crippen molar-refractivity contribution in [3.8, 4) is 0 Å². The molecule has 0 bridgehead atoms. The lowest BCUT2D eigenvalue weighted by Gasteiger charge is -2.23. The number of amides is 2. The smallest absolute Gasteiger partial charge is 0.242 e. The van der Waals surface area contributed by atoms with Crippen molar-refractivity contribution in [3.05, 3.63) is 41.6 Å². The number of rotatable bonds is 7. The van der Waals surface area contributed by atoms with Crippen molar-refractivity contribution in [3.63, 3.8) is 0 Å². The normalized spacial score (nSPS) is 12.3. The maximum Gasteiger partial charge on any atom is 0.242 e. The third-order valence-electron chi connectivity index (χ3n) is 3.99. The van der Waals surface area contributed by atoms with E-state index < -0.39 is 6.04 Å². The summed E-state index contributed by atoms with van der Waals surface area (Å²) in [6.45, 7) is 5.77. The topological polar surface area (TPSA) is 79.3 Å². The van der Waals surface area contributed by atoms with Crippen molar-refractivity contribution < 1.29 is 9.59 Å². The van der Waals surface area contributed by atoms with E-state index in [2.05, 4.69) is 15.7 Å². The second kappa shape index (κ2) is 8.82. The van der Waals surface area contributed by atoms with Crippen LogP contribution in [0.5, 0.6) is 0 Å². The summed E-state index contributed by atoms with van der Waals surface area (Å²) in [5, 5.41) is 10.3. The summed E-state index contributed by atoms with van der Waals surface area (Å²) < 4.78 is 1.73. The number of nitrogens with zero attached hydrogens (tertiary/aromatic N) is 3. The summed E-state index contributed by atoms with van der Waals surface area (Å²) in [5.74, 6) is 0.179. The lowest BCUT2D eigenvalue weighted by atomic mass is 10.2. The van der Waals surface area contributed by atoms with Crippen LogP contribution in [-0.4, -0.2) is 46.1 Å². The van der Waals surface area contributed by atoms with Gasteiger partial charge in [0.25, 0.3) is 0 Å². The summed E-state index contributed by atoms with van der Waals surface area (Å²) in [6, 6.07) is 8.39. The number of halogens is 1. The van der Waals surface area contributed by atoms with Crippen molar-refractivity contribution in [2.24, 2.45) is 0 Å². The molecule has 140 valence electrons. The molecular formula is C18H24ClN5O2. The van der Waals surface area contributed by atoms with E-state index in [1.54, 1.807) is 60.1 Å². The molecule has 0 aliphatic heterocycles. The molecule has 0 saturated carbocycles. The number of hydrogen-bond acceptors (Lipinski definition) is 4. The van der Waals surface area contributed by atoms with Crippen LogP contribution in [0.15, 0.2) is 36.5 Å². The van der Waals surface area contributed by atoms with Crippen molar-refractivity contribution in [1.29, 1.82) is 0 Å². The minimum atomic E-state index is -0.498. The monoisotopic (exact) mass is 377 g/mol. The maximum absolute atomic E-state index is 12.5. The SMILES string of the molecule is CC(C)n1nccc1NC(=O)[C@H](C)N(C)CC(=O)Nc1ccccc1Cl. The zero-order chi connectivity index (χ0) is 19.3. The molecule has 7 nitrogen and oxygen atoms in total. The summed E-state index contributed by atoms with van der Waals surface area (Å²) >= 11 is 6.04. The lowest BCUT2D eigenvalue weighted by Crippen LogP contribution is -2.43. The van der Waals surface area contributed by atoms with Gasteiger partial charge in [-0.1, -0.05) is 23.7 Å². The largest absolute Gasteiger partial charge is 0.324 e. The van der Waals surface area contributed by atoms with Crippen molar-refractivity contribution in [2.45, 2.75) is 32.9 Å². The summed E-state index contributed by atoms with van der Waals surface area (Å²) in [6.07, 6.45) is 1.64. The van der Waals surface area contributed by atoms with Gasteiger partial charge in [0, 0.05) is 12.1 Å². The van der Waals surface area contributed by atoms with Gasteiger partial charge in [0.1, 0.15) is 5.82 Å². The highest BCUT2D eigenvalue weighted by molar-refractivity contribution is 6.33. The van der Waals surface area contributed by atoms with Gasteiger partial charge in [0.05, 0.1) is 29.5 Å². The average Bonchev–Trinajstić information content (AvgIpc) is 3.04. The van der Waals surface area contributed by atoms with E-state index >= 15 is 0 Å². The van der Waals surface area contributed by atoms with Crippen LogP contribution in [0.4, 0.5) is 11.5 Å². The summed E-state index contributed by atoms with van der Waals surface area (Å²) in [4.78, 5) is 26.3. The van der Waals surface area contributed by atoms with Crippen LogP contribution in [0.1, 0.15) is 26.8 Å². The molecule has 1 aromatic heterocycles. The molecule has 0 radical (unpaired) electrons. The Labute approximate surface area is 158 Å². The molecule has 0 aliphatic rings. The van der Waals surface area contributed by atoms with Crippen LogP contribution in [0.25, 0.3) is 0 Å². The number of likely N-dealkylation sites (N-methyl/N-ethyl adjacent to an activating group) is 1. The zero-order valence-electron chi connectivity index (χ0n) is 15.4. The molecule has 0 unspecified atom stereocenters. The first-order valence-corrected chi connectivity index (χ1v) is 8.76. The van der Waals surface area contributed by atoms with Crippen LogP contribution < -0.4 is 10.6 Å². The van der Waals surface area contributed by atoms with Crippen LogP contribution in [0, 0.1) is 0 Å². The van der Waals surface area contributed by atoms with Gasteiger partial charge >= 0.3 is 0 Å². The first-order chi connectivity index (χ1) is 12.3. The number of para-hydroxylation sites is 1. The van der Waals surface area contributed by atoms with Gasteiger partial charge in [0.15, 0.2) is 0 Å². The summed E-state index contributed by atoms with van der Waals surface area (Å²) in [5.41, 5.74) is 0.547. The molecular weight excluding hydrogens is 354 g/mol. The van der Waals surface area contributed by atoms with Crippen LogP contribution >= 0.6 is 11.6 Å². The number of aromatic nitrogens is 2. The molecule has 2 amide bonds. The molecule has 0 fully saturated rings. The molecule has 2 N–H and O–H groups in total. The molecule has 0 saturated heterocycles. The first kappa shape index (κ1) is 19.9. The van der Waals surface area contributed by atoms with Gasteiger partial charge in [-0.3, -0.25) is 14.5 Å². The number of carbonyl (C=O) groups excluding carboxylic acids is 2. The second-order valence-corrected chi connectivity index (χ2v) is 6.77. The van der Waals surface area contributed by atoms with Gasteiger partial charge in [-0.05, 0) is 40.0 Å². The second-order valence-electron chi connectivity index (χ2n) is 6.36. The van der Waals surface area contributed by atoms with Crippen LogP contribution in [0.2, 0.25) is 5.02 Å². The Kier molecular flexibility index (Phi) is 6.76. The Bertz CT molecular complexity index is 774. The Morgan fingerprint density at radius 1 is 1.19 bits per heavy atom. The first-order valence-electron chi connectivity index (χ1n) is 8.38. The lowest BCUT2D eigenvalue weighted by molar-refractivity contribution is -0.122. The third kappa shape index (κ3) is 5.06. The van der Waals surface area contributed by atoms with E-state index in [-0.39, 0.29) is 24.4 Å². The van der Waals surface area contributed by atoms with Crippen molar-refractivity contribution in [1.82, 2.24) is 14.7 Å². The third-order valence-corrected chi connectivity index (χ3v) is 4.32. The molecule has 1 atom stereocenters. The number of nitrogens with one attached hydrogen (secondary N) is 2. The zero-order valence-corrected chi connectivity index (χ0v) is 16.1. The number of carbonyl (C=O) groups is 2. The fraction of sp³-hybridized carbons (Fsp3) is 0.389. The Hall–Kier alpha value is -2.38. The molecule has 1 aromatic carbocycles. The molecule has 8 heteroatoms. The standard InChI is InChI=1S/C18H24ClN5O2/c1-12(2)24-16(9-10-20-24)22-18(26)13(3)23(4)11-17(25)21-15-8-6-5-7-14(15)19/h5-10,12-13H,11H2,1-4H3,(H,21,25)(H,22,26)/t13-/m0/s1. The molecule has 0 aliphatic carbocycles. The summed E-state index contributed by atoms with van der Waals surface area (Å²) in [7, 11) is 1.72. The Balaban J connectivity index is 1.92. The molecule has 26 heavy (non-hydrogen) atoms. The van der Waals surface area contributed by atoms with Crippen molar-refractivity contribution in [2.75, 3.05) is 24.2 Å². The predicted octanol–water partition coefficient (Wildman–Crippen LogP) is 3.01.